The summed E-state index contributed by atoms with van der Waals surface area (Å²) in [7, 11) is 1.56. The molecule has 98 valence electrons. The first kappa shape index (κ1) is 14.5. The van der Waals surface area contributed by atoms with E-state index in [1.54, 1.807) is 7.11 Å². The molecule has 0 aliphatic heterocycles. The fourth-order valence-electron chi connectivity index (χ4n) is 2.26. The molecule has 2 nitrogen and oxygen atoms in total. The highest BCUT2D eigenvalue weighted by Crippen LogP contribution is 2.43. The van der Waals surface area contributed by atoms with Crippen LogP contribution < -0.4 is 0 Å². The zero-order chi connectivity index (χ0) is 13.5. The van der Waals surface area contributed by atoms with Gasteiger partial charge in [-0.2, -0.15) is 0 Å². The Morgan fingerprint density at radius 3 is 2.06 bits per heavy atom. The molecular formula is C15H26O2. The van der Waals surface area contributed by atoms with Crippen molar-refractivity contribution in [2.45, 2.75) is 47.3 Å². The van der Waals surface area contributed by atoms with Crippen LogP contribution in [0.15, 0.2) is 23.8 Å². The van der Waals surface area contributed by atoms with E-state index in [0.717, 1.165) is 5.57 Å². The van der Waals surface area contributed by atoms with E-state index in [-0.39, 0.29) is 16.7 Å². The molecule has 0 amide bonds. The summed E-state index contributed by atoms with van der Waals surface area (Å²) in [6.45, 7) is 12.7. The number of hydrogen-bond acceptors (Lipinski definition) is 2. The van der Waals surface area contributed by atoms with Crippen LogP contribution in [0, 0.1) is 16.7 Å². The van der Waals surface area contributed by atoms with E-state index in [1.807, 2.05) is 6.08 Å². The zero-order valence-corrected chi connectivity index (χ0v) is 12.2. The molecule has 0 heterocycles. The van der Waals surface area contributed by atoms with Crippen molar-refractivity contribution in [1.82, 2.24) is 0 Å². The lowest BCUT2D eigenvalue weighted by Gasteiger charge is -2.42. The first-order valence-electron chi connectivity index (χ1n) is 6.20. The average molecular weight is 238 g/mol. The lowest BCUT2D eigenvalue weighted by atomic mass is 9.70. The van der Waals surface area contributed by atoms with Crippen molar-refractivity contribution in [2.24, 2.45) is 16.7 Å². The highest BCUT2D eigenvalue weighted by molar-refractivity contribution is 5.33. The fraction of sp³-hybridized carbons (Fsp3) is 0.733. The molecule has 0 aromatic heterocycles. The molecule has 0 bridgehead atoms. The Labute approximate surface area is 105 Å². The highest BCUT2D eigenvalue weighted by Gasteiger charge is 2.43. The van der Waals surface area contributed by atoms with Crippen molar-refractivity contribution in [1.29, 1.82) is 0 Å². The van der Waals surface area contributed by atoms with Gasteiger partial charge in [-0.15, -0.1) is 0 Å². The second kappa shape index (κ2) is 4.25. The Kier molecular flexibility index (Phi) is 3.62. The van der Waals surface area contributed by atoms with Crippen LogP contribution in [0.4, 0.5) is 0 Å². The highest BCUT2D eigenvalue weighted by atomic mass is 16.6. The molecule has 0 aromatic rings. The van der Waals surface area contributed by atoms with Crippen LogP contribution in [-0.2, 0) is 4.74 Å². The van der Waals surface area contributed by atoms with Gasteiger partial charge in [-0.1, -0.05) is 53.7 Å². The minimum Gasteiger partial charge on any atom is -0.362 e. The number of methoxy groups -OCH3 is 1. The Balaban J connectivity index is 3.17. The summed E-state index contributed by atoms with van der Waals surface area (Å²) in [6.07, 6.45) is 6.05. The van der Waals surface area contributed by atoms with Crippen molar-refractivity contribution < 1.29 is 9.84 Å². The third kappa shape index (κ3) is 2.99. The van der Waals surface area contributed by atoms with Crippen LogP contribution in [0.2, 0.25) is 0 Å². The molecule has 0 saturated carbocycles. The summed E-state index contributed by atoms with van der Waals surface area (Å²) in [6, 6.07) is 0. The lowest BCUT2D eigenvalue weighted by molar-refractivity contribution is -0.193. The SMILES string of the molecule is COC1(O)C=C(C(C)(C)C)C=CC1C(C)(C)C. The molecule has 17 heavy (non-hydrogen) atoms. The zero-order valence-electron chi connectivity index (χ0n) is 12.2. The second-order valence-electron chi connectivity index (χ2n) is 7.01. The standard InChI is InChI=1S/C15H26O2/c1-13(2,3)11-8-9-12(14(4,5)6)15(16,10-11)17-7/h8-10,12,16H,1-7H3. The third-order valence-corrected chi connectivity index (χ3v) is 3.40. The molecule has 0 radical (unpaired) electrons. The molecule has 0 fully saturated rings. The Morgan fingerprint density at radius 2 is 1.71 bits per heavy atom. The quantitative estimate of drug-likeness (QED) is 0.708. The van der Waals surface area contributed by atoms with E-state index >= 15 is 0 Å². The van der Waals surface area contributed by atoms with Gasteiger partial charge >= 0.3 is 0 Å². The molecule has 0 aromatic carbocycles. The Hall–Kier alpha value is -0.600. The average Bonchev–Trinajstić information content (AvgIpc) is 2.14. The predicted octanol–water partition coefficient (Wildman–Crippen LogP) is 3.53. The molecule has 2 atom stereocenters. The van der Waals surface area contributed by atoms with E-state index in [2.05, 4.69) is 53.7 Å². The van der Waals surface area contributed by atoms with Crippen molar-refractivity contribution in [3.8, 4) is 0 Å². The summed E-state index contributed by atoms with van der Waals surface area (Å²) in [5, 5.41) is 10.7. The van der Waals surface area contributed by atoms with E-state index in [4.69, 9.17) is 4.74 Å². The van der Waals surface area contributed by atoms with Gasteiger partial charge in [0, 0.05) is 13.0 Å². The Bertz CT molecular complexity index is 339. The number of aliphatic hydroxyl groups is 1. The van der Waals surface area contributed by atoms with Crippen molar-refractivity contribution >= 4 is 0 Å². The number of ether oxygens (including phenoxy) is 1. The monoisotopic (exact) mass is 238 g/mol. The van der Waals surface area contributed by atoms with Gasteiger partial charge in [0.2, 0.25) is 0 Å². The molecule has 0 saturated heterocycles. The maximum absolute atomic E-state index is 10.7. The van der Waals surface area contributed by atoms with Crippen LogP contribution in [0.25, 0.3) is 0 Å². The van der Waals surface area contributed by atoms with Gasteiger partial charge in [0.05, 0.1) is 0 Å². The molecule has 1 rings (SSSR count). The lowest BCUT2D eigenvalue weighted by Crippen LogP contribution is -2.45. The topological polar surface area (TPSA) is 29.5 Å². The molecular weight excluding hydrogens is 212 g/mol. The van der Waals surface area contributed by atoms with E-state index < -0.39 is 5.79 Å². The maximum Gasteiger partial charge on any atom is 0.192 e. The van der Waals surface area contributed by atoms with Crippen LogP contribution in [0.3, 0.4) is 0 Å². The van der Waals surface area contributed by atoms with Crippen LogP contribution in [0.5, 0.6) is 0 Å². The van der Waals surface area contributed by atoms with Gasteiger partial charge in [0.15, 0.2) is 5.79 Å². The van der Waals surface area contributed by atoms with Crippen LogP contribution >= 0.6 is 0 Å². The smallest absolute Gasteiger partial charge is 0.192 e. The van der Waals surface area contributed by atoms with Crippen molar-refractivity contribution in [3.63, 3.8) is 0 Å². The second-order valence-corrected chi connectivity index (χ2v) is 7.01. The normalized spacial score (nSPS) is 30.4. The molecule has 0 spiro atoms. The van der Waals surface area contributed by atoms with E-state index in [1.165, 1.54) is 0 Å². The van der Waals surface area contributed by atoms with Gasteiger partial charge in [-0.05, 0) is 22.5 Å². The van der Waals surface area contributed by atoms with Gasteiger partial charge in [-0.25, -0.2) is 0 Å². The maximum atomic E-state index is 10.7. The Morgan fingerprint density at radius 1 is 1.18 bits per heavy atom. The van der Waals surface area contributed by atoms with Crippen molar-refractivity contribution in [3.05, 3.63) is 23.8 Å². The fourth-order valence-corrected chi connectivity index (χ4v) is 2.26. The summed E-state index contributed by atoms with van der Waals surface area (Å²) in [5.74, 6) is -1.23. The van der Waals surface area contributed by atoms with Crippen LogP contribution in [0.1, 0.15) is 41.5 Å². The molecule has 1 N–H and O–H groups in total. The summed E-state index contributed by atoms with van der Waals surface area (Å²) < 4.78 is 5.37. The summed E-state index contributed by atoms with van der Waals surface area (Å²) >= 11 is 0. The minimum absolute atomic E-state index is 0.0197. The largest absolute Gasteiger partial charge is 0.362 e. The molecule has 1 aliphatic carbocycles. The predicted molar refractivity (Wildman–Crippen MR) is 71.6 cm³/mol. The molecule has 1 aliphatic rings. The molecule has 2 unspecified atom stereocenters. The van der Waals surface area contributed by atoms with Gasteiger partial charge < -0.3 is 9.84 Å². The van der Waals surface area contributed by atoms with Gasteiger partial charge in [-0.3, -0.25) is 0 Å². The molecule has 2 heteroatoms. The first-order chi connectivity index (χ1) is 7.50. The third-order valence-electron chi connectivity index (χ3n) is 3.40. The number of hydrogen-bond donors (Lipinski definition) is 1. The van der Waals surface area contributed by atoms with Gasteiger partial charge in [0.1, 0.15) is 0 Å². The minimum atomic E-state index is -1.20. The van der Waals surface area contributed by atoms with Crippen molar-refractivity contribution in [2.75, 3.05) is 7.11 Å². The van der Waals surface area contributed by atoms with Crippen LogP contribution in [-0.4, -0.2) is 18.0 Å². The number of rotatable bonds is 1. The summed E-state index contributed by atoms with van der Waals surface area (Å²) in [5.41, 5.74) is 1.09. The first-order valence-corrected chi connectivity index (χ1v) is 6.20. The van der Waals surface area contributed by atoms with E-state index in [0.29, 0.717) is 0 Å². The summed E-state index contributed by atoms with van der Waals surface area (Å²) in [4.78, 5) is 0. The van der Waals surface area contributed by atoms with Gasteiger partial charge in [0.25, 0.3) is 0 Å². The number of allylic oxidation sites excluding steroid dienone is 2. The van der Waals surface area contributed by atoms with E-state index in [9.17, 15) is 5.11 Å².